The average Bonchev–Trinajstić information content (AvgIpc) is 3.45. The number of hydrogen-bond donors (Lipinski definition) is 0. The highest BCUT2D eigenvalue weighted by atomic mass is 19.1. The number of carbonyl (C=O) groups is 1. The third kappa shape index (κ3) is 3.85. The topological polar surface area (TPSA) is 81.4 Å². The first-order valence-corrected chi connectivity index (χ1v) is 11.0. The van der Waals surface area contributed by atoms with E-state index in [4.69, 9.17) is 14.2 Å². The minimum absolute atomic E-state index is 0.0843. The van der Waals surface area contributed by atoms with Crippen LogP contribution in [0.3, 0.4) is 0 Å². The van der Waals surface area contributed by atoms with Crippen molar-refractivity contribution in [1.29, 1.82) is 0 Å². The number of hydrogen-bond acceptors (Lipinski definition) is 6. The summed E-state index contributed by atoms with van der Waals surface area (Å²) in [5, 5.41) is 4.41. The van der Waals surface area contributed by atoms with Gasteiger partial charge in [0.1, 0.15) is 0 Å². The number of nitrogens with zero attached hydrogens (tertiary/aromatic N) is 4. The molecule has 0 unspecified atom stereocenters. The average molecular weight is 414 g/mol. The van der Waals surface area contributed by atoms with E-state index in [2.05, 4.69) is 10.1 Å². The number of carbonyl (C=O) groups excluding carboxylic acids is 1. The van der Waals surface area contributed by atoms with Crippen molar-refractivity contribution in [3.63, 3.8) is 0 Å². The monoisotopic (exact) mass is 414 g/mol. The molecule has 3 fully saturated rings. The van der Waals surface area contributed by atoms with Gasteiger partial charge in [0.2, 0.25) is 5.89 Å². The highest BCUT2D eigenvalue weighted by Gasteiger charge is 2.45. The van der Waals surface area contributed by atoms with E-state index >= 15 is 0 Å². The van der Waals surface area contributed by atoms with Gasteiger partial charge in [-0.15, -0.1) is 0 Å². The Labute approximate surface area is 175 Å². The van der Waals surface area contributed by atoms with Crippen LogP contribution in [0.15, 0.2) is 23.0 Å². The van der Waals surface area contributed by atoms with Crippen molar-refractivity contribution < 1.29 is 18.4 Å². The highest BCUT2D eigenvalue weighted by Crippen LogP contribution is 2.47. The Morgan fingerprint density at radius 3 is 2.67 bits per heavy atom. The Hall–Kier alpha value is -2.35. The Balaban J connectivity index is 1.33. The van der Waals surface area contributed by atoms with E-state index in [-0.39, 0.29) is 22.8 Å². The minimum atomic E-state index is -0.573. The lowest BCUT2D eigenvalue weighted by Crippen LogP contribution is -2.46. The van der Waals surface area contributed by atoms with Crippen LogP contribution in [-0.4, -0.2) is 52.2 Å². The summed E-state index contributed by atoms with van der Waals surface area (Å²) in [6, 6.07) is 1.45. The molecule has 160 valence electrons. The molecule has 8 heteroatoms. The number of piperidine rings is 1. The second kappa shape index (κ2) is 8.06. The van der Waals surface area contributed by atoms with Gasteiger partial charge in [0, 0.05) is 43.8 Å². The molecule has 7 nitrogen and oxygen atoms in total. The molecule has 2 saturated heterocycles. The first-order valence-electron chi connectivity index (χ1n) is 11.0. The fourth-order valence-electron chi connectivity index (χ4n) is 4.81. The fourth-order valence-corrected chi connectivity index (χ4v) is 4.81. The Morgan fingerprint density at radius 2 is 1.97 bits per heavy atom. The molecule has 1 saturated carbocycles. The van der Waals surface area contributed by atoms with Crippen molar-refractivity contribution in [3.8, 4) is 0 Å². The summed E-state index contributed by atoms with van der Waals surface area (Å²) in [4.78, 5) is 23.1. The van der Waals surface area contributed by atoms with Crippen LogP contribution in [0.5, 0.6) is 0 Å². The molecule has 0 N–H and O–H groups in total. The summed E-state index contributed by atoms with van der Waals surface area (Å²) >= 11 is 0. The van der Waals surface area contributed by atoms with E-state index in [9.17, 15) is 9.18 Å². The Morgan fingerprint density at radius 1 is 1.20 bits per heavy atom. The smallest absolute Gasteiger partial charge is 0.256 e. The van der Waals surface area contributed by atoms with E-state index in [1.54, 1.807) is 4.90 Å². The van der Waals surface area contributed by atoms with Gasteiger partial charge in [-0.25, -0.2) is 4.39 Å². The number of halogens is 1. The molecular formula is C22H27FN4O3. The van der Waals surface area contributed by atoms with E-state index in [0.717, 1.165) is 63.2 Å². The summed E-state index contributed by atoms with van der Waals surface area (Å²) in [6.07, 6.45) is 9.44. The Kier molecular flexibility index (Phi) is 5.26. The lowest BCUT2D eigenvalue weighted by molar-refractivity contribution is 0.0640. The van der Waals surface area contributed by atoms with Gasteiger partial charge in [-0.05, 0) is 44.1 Å². The number of pyridine rings is 1. The predicted octanol–water partition coefficient (Wildman–Crippen LogP) is 3.47. The summed E-state index contributed by atoms with van der Waals surface area (Å²) < 4.78 is 25.2. The predicted molar refractivity (Wildman–Crippen MR) is 105 cm³/mol. The SMILES string of the molecule is O=C(c1ccncc1F)N1CCC(CC2CC2)(c2noc(C3CCOCC3)n2)CC1. The first kappa shape index (κ1) is 19.6. The van der Waals surface area contributed by atoms with Crippen LogP contribution in [0.25, 0.3) is 0 Å². The van der Waals surface area contributed by atoms with Gasteiger partial charge in [0.15, 0.2) is 11.6 Å². The maximum absolute atomic E-state index is 14.0. The zero-order valence-electron chi connectivity index (χ0n) is 17.1. The summed E-state index contributed by atoms with van der Waals surface area (Å²) in [5.74, 6) is 1.64. The molecular weight excluding hydrogens is 387 g/mol. The zero-order chi connectivity index (χ0) is 20.6. The second-order valence-corrected chi connectivity index (χ2v) is 8.92. The number of ether oxygens (including phenoxy) is 1. The van der Waals surface area contributed by atoms with E-state index in [1.165, 1.54) is 25.1 Å². The Bertz CT molecular complexity index is 899. The van der Waals surface area contributed by atoms with E-state index in [1.807, 2.05) is 0 Å². The molecule has 2 aromatic heterocycles. The van der Waals surface area contributed by atoms with Gasteiger partial charge in [-0.2, -0.15) is 4.98 Å². The number of aromatic nitrogens is 3. The van der Waals surface area contributed by atoms with Gasteiger partial charge in [0.05, 0.1) is 11.8 Å². The van der Waals surface area contributed by atoms with Crippen molar-refractivity contribution in [1.82, 2.24) is 20.0 Å². The molecule has 3 aliphatic rings. The minimum Gasteiger partial charge on any atom is -0.381 e. The number of amides is 1. The highest BCUT2D eigenvalue weighted by molar-refractivity contribution is 5.94. The quantitative estimate of drug-likeness (QED) is 0.745. The molecule has 0 atom stereocenters. The lowest BCUT2D eigenvalue weighted by Gasteiger charge is -2.40. The summed E-state index contributed by atoms with van der Waals surface area (Å²) in [6.45, 7) is 2.60. The van der Waals surface area contributed by atoms with Crippen LogP contribution in [0.4, 0.5) is 4.39 Å². The lowest BCUT2D eigenvalue weighted by atomic mass is 9.73. The molecule has 0 bridgehead atoms. The van der Waals surface area contributed by atoms with Crippen LogP contribution in [0.1, 0.15) is 72.9 Å². The van der Waals surface area contributed by atoms with Crippen molar-refractivity contribution >= 4 is 5.91 Å². The maximum atomic E-state index is 14.0. The van der Waals surface area contributed by atoms with E-state index < -0.39 is 5.82 Å². The zero-order valence-corrected chi connectivity index (χ0v) is 17.1. The summed E-state index contributed by atoms with van der Waals surface area (Å²) in [5.41, 5.74) is -0.0807. The van der Waals surface area contributed by atoms with Crippen molar-refractivity contribution in [3.05, 3.63) is 41.6 Å². The van der Waals surface area contributed by atoms with Crippen LogP contribution >= 0.6 is 0 Å². The van der Waals surface area contributed by atoms with Crippen LogP contribution in [0.2, 0.25) is 0 Å². The molecule has 1 amide bonds. The van der Waals surface area contributed by atoms with Crippen molar-refractivity contribution in [2.24, 2.45) is 5.92 Å². The van der Waals surface area contributed by atoms with Gasteiger partial charge < -0.3 is 14.2 Å². The third-order valence-corrected chi connectivity index (χ3v) is 6.87. The van der Waals surface area contributed by atoms with Crippen LogP contribution in [0, 0.1) is 11.7 Å². The molecule has 2 aliphatic heterocycles. The van der Waals surface area contributed by atoms with Gasteiger partial charge in [0.25, 0.3) is 5.91 Å². The normalized spacial score (nSPS) is 22.2. The number of likely N-dealkylation sites (tertiary alicyclic amines) is 1. The largest absolute Gasteiger partial charge is 0.381 e. The molecule has 2 aromatic rings. The molecule has 1 aliphatic carbocycles. The standard InChI is InChI=1S/C22H27FN4O3/c23-18-14-24-8-3-17(18)20(28)27-9-6-22(7-10-27,13-15-1-2-15)21-25-19(30-26-21)16-4-11-29-12-5-16/h3,8,14-16H,1-2,4-7,9-13H2. The molecule has 5 rings (SSSR count). The summed E-state index contributed by atoms with van der Waals surface area (Å²) in [7, 11) is 0. The second-order valence-electron chi connectivity index (χ2n) is 8.92. The van der Waals surface area contributed by atoms with Crippen molar-refractivity contribution in [2.45, 2.75) is 56.3 Å². The van der Waals surface area contributed by atoms with Crippen molar-refractivity contribution in [2.75, 3.05) is 26.3 Å². The number of rotatable bonds is 5. The molecule has 0 radical (unpaired) electrons. The van der Waals surface area contributed by atoms with E-state index in [0.29, 0.717) is 19.0 Å². The van der Waals surface area contributed by atoms with Crippen LogP contribution in [-0.2, 0) is 10.2 Å². The van der Waals surface area contributed by atoms with Gasteiger partial charge in [-0.1, -0.05) is 18.0 Å². The van der Waals surface area contributed by atoms with Gasteiger partial charge in [-0.3, -0.25) is 9.78 Å². The molecule has 0 spiro atoms. The molecule has 0 aromatic carbocycles. The maximum Gasteiger partial charge on any atom is 0.256 e. The molecule has 4 heterocycles. The van der Waals surface area contributed by atoms with Gasteiger partial charge >= 0.3 is 0 Å². The molecule has 30 heavy (non-hydrogen) atoms. The first-order chi connectivity index (χ1) is 14.6. The fraction of sp³-hybridized carbons (Fsp3) is 0.636. The third-order valence-electron chi connectivity index (χ3n) is 6.87. The van der Waals surface area contributed by atoms with Crippen LogP contribution < -0.4 is 0 Å².